The summed E-state index contributed by atoms with van der Waals surface area (Å²) >= 11 is 0. The summed E-state index contributed by atoms with van der Waals surface area (Å²) in [4.78, 5) is 34.0. The van der Waals surface area contributed by atoms with Gasteiger partial charge in [-0.3, -0.25) is 9.59 Å². The molecule has 1 unspecified atom stereocenters. The van der Waals surface area contributed by atoms with Gasteiger partial charge in [0.05, 0.1) is 0 Å². The number of carbonyl (C=O) groups excluding carboxylic acids is 1. The van der Waals surface area contributed by atoms with Gasteiger partial charge in [-0.1, -0.05) is 38.1 Å². The SMILES string of the molecule is Cc1ccccc1CCC1CCCN(C(=O)c2cnc(C(C)C)[nH]c2=O)C1. The number of H-pyrrole nitrogens is 1. The summed E-state index contributed by atoms with van der Waals surface area (Å²) in [5, 5.41) is 0. The highest BCUT2D eigenvalue weighted by Crippen LogP contribution is 2.23. The topological polar surface area (TPSA) is 66.1 Å². The van der Waals surface area contributed by atoms with Crippen molar-refractivity contribution >= 4 is 5.91 Å². The molecule has 1 amide bonds. The Morgan fingerprint density at radius 1 is 1.33 bits per heavy atom. The molecule has 2 heterocycles. The number of nitrogens with one attached hydrogen (secondary N) is 1. The zero-order valence-corrected chi connectivity index (χ0v) is 16.5. The molecule has 1 aliphatic rings. The minimum absolute atomic E-state index is 0.127. The smallest absolute Gasteiger partial charge is 0.263 e. The molecule has 5 nitrogen and oxygen atoms in total. The van der Waals surface area contributed by atoms with E-state index in [0.717, 1.165) is 32.2 Å². The Hall–Kier alpha value is -2.43. The Labute approximate surface area is 160 Å². The van der Waals surface area contributed by atoms with Gasteiger partial charge in [0.15, 0.2) is 0 Å². The van der Waals surface area contributed by atoms with Crippen molar-refractivity contribution in [1.29, 1.82) is 0 Å². The second kappa shape index (κ2) is 8.51. The highest BCUT2D eigenvalue weighted by Gasteiger charge is 2.26. The van der Waals surface area contributed by atoms with Crippen molar-refractivity contribution in [3.8, 4) is 0 Å². The number of benzene rings is 1. The van der Waals surface area contributed by atoms with Crippen molar-refractivity contribution < 1.29 is 4.79 Å². The molecule has 0 radical (unpaired) electrons. The molecule has 144 valence electrons. The number of rotatable bonds is 5. The number of hydrogen-bond acceptors (Lipinski definition) is 3. The van der Waals surface area contributed by atoms with Crippen molar-refractivity contribution in [1.82, 2.24) is 14.9 Å². The first-order chi connectivity index (χ1) is 13.0. The number of aromatic amines is 1. The van der Waals surface area contributed by atoms with E-state index in [0.29, 0.717) is 18.3 Å². The quantitative estimate of drug-likeness (QED) is 0.876. The van der Waals surface area contributed by atoms with Gasteiger partial charge >= 0.3 is 0 Å². The van der Waals surface area contributed by atoms with E-state index in [4.69, 9.17) is 0 Å². The van der Waals surface area contributed by atoms with Crippen LogP contribution in [-0.2, 0) is 6.42 Å². The molecule has 27 heavy (non-hydrogen) atoms. The third-order valence-corrected chi connectivity index (χ3v) is 5.49. The molecule has 1 saturated heterocycles. The lowest BCUT2D eigenvalue weighted by Gasteiger charge is -2.32. The molecule has 1 N–H and O–H groups in total. The number of aryl methyl sites for hydroxylation is 2. The maximum absolute atomic E-state index is 12.8. The van der Waals surface area contributed by atoms with E-state index < -0.39 is 0 Å². The van der Waals surface area contributed by atoms with E-state index in [1.807, 2.05) is 18.7 Å². The molecule has 0 bridgehead atoms. The van der Waals surface area contributed by atoms with Gasteiger partial charge in [0.1, 0.15) is 11.4 Å². The molecule has 0 aliphatic carbocycles. The standard InChI is InChI=1S/C22H29N3O2/c1-15(2)20-23-13-19(21(26)24-20)22(27)25-12-6-8-17(14-25)10-11-18-9-5-4-7-16(18)3/h4-5,7,9,13,15,17H,6,8,10-12,14H2,1-3H3,(H,23,24,26). The van der Waals surface area contributed by atoms with Crippen molar-refractivity contribution in [3.05, 3.63) is 63.3 Å². The van der Waals surface area contributed by atoms with Gasteiger partial charge in [-0.2, -0.15) is 0 Å². The Morgan fingerprint density at radius 2 is 2.11 bits per heavy atom. The summed E-state index contributed by atoms with van der Waals surface area (Å²) in [5.41, 5.74) is 2.52. The number of carbonyl (C=O) groups is 1. The summed E-state index contributed by atoms with van der Waals surface area (Å²) in [6.45, 7) is 7.50. The average molecular weight is 367 g/mol. The molecule has 1 aliphatic heterocycles. The normalized spacial score (nSPS) is 17.3. The zero-order chi connectivity index (χ0) is 19.4. The highest BCUT2D eigenvalue weighted by molar-refractivity contribution is 5.93. The summed E-state index contributed by atoms with van der Waals surface area (Å²) in [6, 6.07) is 8.48. The van der Waals surface area contributed by atoms with Gasteiger partial charge in [-0.25, -0.2) is 4.98 Å². The van der Waals surface area contributed by atoms with Crippen LogP contribution in [0.25, 0.3) is 0 Å². The molecule has 1 fully saturated rings. The molecule has 0 saturated carbocycles. The predicted molar refractivity (Wildman–Crippen MR) is 107 cm³/mol. The van der Waals surface area contributed by atoms with Gasteiger partial charge in [-0.15, -0.1) is 0 Å². The monoisotopic (exact) mass is 367 g/mol. The minimum atomic E-state index is -0.333. The molecule has 0 spiro atoms. The van der Waals surface area contributed by atoms with E-state index in [9.17, 15) is 9.59 Å². The third kappa shape index (κ3) is 4.65. The van der Waals surface area contributed by atoms with E-state index in [-0.39, 0.29) is 22.9 Å². The lowest BCUT2D eigenvalue weighted by Crippen LogP contribution is -2.42. The molecule has 2 aromatic rings. The first-order valence-corrected chi connectivity index (χ1v) is 9.88. The molecular formula is C22H29N3O2. The van der Waals surface area contributed by atoms with Crippen molar-refractivity contribution in [3.63, 3.8) is 0 Å². The van der Waals surface area contributed by atoms with E-state index in [2.05, 4.69) is 41.2 Å². The predicted octanol–water partition coefficient (Wildman–Crippen LogP) is 3.69. The minimum Gasteiger partial charge on any atom is -0.338 e. The fraction of sp³-hybridized carbons (Fsp3) is 0.500. The Bertz CT molecular complexity index is 857. The van der Waals surface area contributed by atoms with Crippen LogP contribution in [0.4, 0.5) is 0 Å². The van der Waals surface area contributed by atoms with Gasteiger partial charge in [-0.05, 0) is 49.7 Å². The van der Waals surface area contributed by atoms with Crippen LogP contribution in [-0.4, -0.2) is 33.9 Å². The van der Waals surface area contributed by atoms with E-state index >= 15 is 0 Å². The maximum Gasteiger partial charge on any atom is 0.263 e. The van der Waals surface area contributed by atoms with E-state index in [1.165, 1.54) is 17.3 Å². The van der Waals surface area contributed by atoms with Gasteiger partial charge in [0.2, 0.25) is 0 Å². The van der Waals surface area contributed by atoms with Crippen LogP contribution < -0.4 is 5.56 Å². The molecular weight excluding hydrogens is 338 g/mol. The third-order valence-electron chi connectivity index (χ3n) is 5.49. The number of nitrogens with zero attached hydrogens (tertiary/aromatic N) is 2. The van der Waals surface area contributed by atoms with Crippen LogP contribution >= 0.6 is 0 Å². The van der Waals surface area contributed by atoms with Gasteiger partial charge in [0.25, 0.3) is 11.5 Å². The number of piperidine rings is 1. The summed E-state index contributed by atoms with van der Waals surface area (Å²) in [7, 11) is 0. The summed E-state index contributed by atoms with van der Waals surface area (Å²) in [6.07, 6.45) is 5.66. The van der Waals surface area contributed by atoms with E-state index in [1.54, 1.807) is 0 Å². The first kappa shape index (κ1) is 19.3. The summed E-state index contributed by atoms with van der Waals surface area (Å²) in [5.74, 6) is 1.03. The van der Waals surface area contributed by atoms with Crippen molar-refractivity contribution in [2.75, 3.05) is 13.1 Å². The number of amides is 1. The second-order valence-corrected chi connectivity index (χ2v) is 7.89. The fourth-order valence-corrected chi connectivity index (χ4v) is 3.76. The van der Waals surface area contributed by atoms with Crippen LogP contribution in [0.1, 0.15) is 66.3 Å². The number of hydrogen-bond donors (Lipinski definition) is 1. The van der Waals surface area contributed by atoms with Crippen LogP contribution in [0, 0.1) is 12.8 Å². The fourth-order valence-electron chi connectivity index (χ4n) is 3.76. The maximum atomic E-state index is 12.8. The average Bonchev–Trinajstić information content (AvgIpc) is 2.67. The lowest BCUT2D eigenvalue weighted by atomic mass is 9.90. The highest BCUT2D eigenvalue weighted by atomic mass is 16.2. The largest absolute Gasteiger partial charge is 0.338 e. The molecule has 1 aromatic carbocycles. The number of likely N-dealkylation sites (tertiary alicyclic amines) is 1. The Morgan fingerprint density at radius 3 is 2.81 bits per heavy atom. The van der Waals surface area contributed by atoms with Crippen LogP contribution in [0.5, 0.6) is 0 Å². The summed E-state index contributed by atoms with van der Waals surface area (Å²) < 4.78 is 0. The van der Waals surface area contributed by atoms with Crippen LogP contribution in [0.15, 0.2) is 35.3 Å². The zero-order valence-electron chi connectivity index (χ0n) is 16.5. The second-order valence-electron chi connectivity index (χ2n) is 7.89. The van der Waals surface area contributed by atoms with Crippen LogP contribution in [0.3, 0.4) is 0 Å². The van der Waals surface area contributed by atoms with Crippen molar-refractivity contribution in [2.45, 2.75) is 52.4 Å². The Balaban J connectivity index is 1.64. The van der Waals surface area contributed by atoms with Crippen LogP contribution in [0.2, 0.25) is 0 Å². The van der Waals surface area contributed by atoms with Crippen molar-refractivity contribution in [2.24, 2.45) is 5.92 Å². The number of aromatic nitrogens is 2. The molecule has 3 rings (SSSR count). The molecule has 1 atom stereocenters. The first-order valence-electron chi connectivity index (χ1n) is 9.88. The van der Waals surface area contributed by atoms with Gasteiger partial charge < -0.3 is 9.88 Å². The Kier molecular flexibility index (Phi) is 6.09. The molecule has 1 aromatic heterocycles. The van der Waals surface area contributed by atoms with Gasteiger partial charge in [0, 0.05) is 25.2 Å². The molecule has 5 heteroatoms. The lowest BCUT2D eigenvalue weighted by molar-refractivity contribution is 0.0666.